The van der Waals surface area contributed by atoms with E-state index in [-0.39, 0.29) is 5.12 Å². The summed E-state index contributed by atoms with van der Waals surface area (Å²) in [5.74, 6) is 2.43. The standard InChI is InChI=1S/C13H14O3S/c1-10(14)17-7-3-2-4-11-5-6-12-13(8-11)16-9-15-12/h2,4-6,8H,3,7,9H2,1H3. The van der Waals surface area contributed by atoms with Crippen molar-refractivity contribution in [1.82, 2.24) is 0 Å². The van der Waals surface area contributed by atoms with Crippen LogP contribution >= 0.6 is 11.8 Å². The highest BCUT2D eigenvalue weighted by atomic mass is 32.2. The summed E-state index contributed by atoms with van der Waals surface area (Å²) in [6.07, 6.45) is 4.98. The molecule has 0 unspecified atom stereocenters. The van der Waals surface area contributed by atoms with Crippen molar-refractivity contribution < 1.29 is 14.3 Å². The average molecular weight is 250 g/mol. The molecule has 0 bridgehead atoms. The van der Waals surface area contributed by atoms with E-state index >= 15 is 0 Å². The van der Waals surface area contributed by atoms with E-state index in [1.807, 2.05) is 24.3 Å². The van der Waals surface area contributed by atoms with Crippen molar-refractivity contribution in [3.8, 4) is 11.5 Å². The van der Waals surface area contributed by atoms with Gasteiger partial charge in [-0.3, -0.25) is 4.79 Å². The molecule has 1 aliphatic heterocycles. The minimum Gasteiger partial charge on any atom is -0.454 e. The van der Waals surface area contributed by atoms with Gasteiger partial charge in [0.1, 0.15) is 0 Å². The van der Waals surface area contributed by atoms with Crippen LogP contribution in [0.2, 0.25) is 0 Å². The number of allylic oxidation sites excluding steroid dienone is 1. The predicted octanol–water partition coefficient (Wildman–Crippen LogP) is 3.10. The van der Waals surface area contributed by atoms with Crippen LogP contribution in [0.1, 0.15) is 18.9 Å². The van der Waals surface area contributed by atoms with Crippen LogP contribution in [0.3, 0.4) is 0 Å². The SMILES string of the molecule is CC(=O)SCCC=Cc1ccc2c(c1)OCO2. The topological polar surface area (TPSA) is 35.5 Å². The van der Waals surface area contributed by atoms with Gasteiger partial charge in [-0.05, 0) is 24.1 Å². The van der Waals surface area contributed by atoms with Gasteiger partial charge in [-0.15, -0.1) is 0 Å². The Kier molecular flexibility index (Phi) is 4.09. The Hall–Kier alpha value is -1.42. The Bertz CT molecular complexity index is 440. The van der Waals surface area contributed by atoms with Crippen LogP contribution in [0, 0.1) is 0 Å². The minimum atomic E-state index is 0.168. The first kappa shape index (κ1) is 12.0. The number of rotatable bonds is 4. The van der Waals surface area contributed by atoms with Gasteiger partial charge in [0.2, 0.25) is 6.79 Å². The molecular weight excluding hydrogens is 236 g/mol. The molecule has 4 heteroatoms. The number of thioether (sulfide) groups is 1. The lowest BCUT2D eigenvalue weighted by atomic mass is 10.2. The monoisotopic (exact) mass is 250 g/mol. The zero-order valence-corrected chi connectivity index (χ0v) is 10.5. The number of benzene rings is 1. The molecule has 1 aromatic rings. The summed E-state index contributed by atoms with van der Waals surface area (Å²) in [7, 11) is 0. The highest BCUT2D eigenvalue weighted by Crippen LogP contribution is 2.32. The van der Waals surface area contributed by atoms with Gasteiger partial charge < -0.3 is 9.47 Å². The third kappa shape index (κ3) is 3.53. The molecule has 0 aliphatic carbocycles. The van der Waals surface area contributed by atoms with Crippen LogP contribution in [-0.2, 0) is 4.79 Å². The highest BCUT2D eigenvalue weighted by Gasteiger charge is 2.11. The second kappa shape index (κ2) is 5.77. The first-order valence-corrected chi connectivity index (χ1v) is 6.44. The van der Waals surface area contributed by atoms with Gasteiger partial charge in [0.25, 0.3) is 0 Å². The molecule has 0 N–H and O–H groups in total. The van der Waals surface area contributed by atoms with Gasteiger partial charge >= 0.3 is 0 Å². The van der Waals surface area contributed by atoms with Gasteiger partial charge in [-0.2, -0.15) is 0 Å². The van der Waals surface area contributed by atoms with Crippen molar-refractivity contribution in [3.63, 3.8) is 0 Å². The molecule has 3 nitrogen and oxygen atoms in total. The fourth-order valence-electron chi connectivity index (χ4n) is 1.51. The molecule has 0 spiro atoms. The Balaban J connectivity index is 1.86. The van der Waals surface area contributed by atoms with Gasteiger partial charge in [0, 0.05) is 12.7 Å². The Labute approximate surface area is 105 Å². The molecule has 90 valence electrons. The largest absolute Gasteiger partial charge is 0.454 e. The van der Waals surface area contributed by atoms with Crippen LogP contribution in [0.4, 0.5) is 0 Å². The second-order valence-electron chi connectivity index (χ2n) is 3.64. The number of hydrogen-bond acceptors (Lipinski definition) is 4. The number of carbonyl (C=O) groups excluding carboxylic acids is 1. The zero-order valence-electron chi connectivity index (χ0n) is 9.64. The normalized spacial score (nSPS) is 13.2. The van der Waals surface area contributed by atoms with Crippen molar-refractivity contribution >= 4 is 23.0 Å². The maximum absolute atomic E-state index is 10.7. The summed E-state index contributed by atoms with van der Waals surface area (Å²) in [4.78, 5) is 10.7. The van der Waals surface area contributed by atoms with E-state index in [9.17, 15) is 4.79 Å². The highest BCUT2D eigenvalue weighted by molar-refractivity contribution is 8.13. The summed E-state index contributed by atoms with van der Waals surface area (Å²) in [6, 6.07) is 5.85. The molecular formula is C13H14O3S. The van der Waals surface area contributed by atoms with Crippen molar-refractivity contribution in [2.24, 2.45) is 0 Å². The molecule has 0 radical (unpaired) electrons. The molecule has 1 aromatic carbocycles. The van der Waals surface area contributed by atoms with Gasteiger partial charge in [-0.1, -0.05) is 30.0 Å². The third-order valence-corrected chi connectivity index (χ3v) is 3.14. The summed E-state index contributed by atoms with van der Waals surface area (Å²) >= 11 is 1.35. The quantitative estimate of drug-likeness (QED) is 0.769. The number of carbonyl (C=O) groups is 1. The average Bonchev–Trinajstić information content (AvgIpc) is 2.75. The van der Waals surface area contributed by atoms with Crippen molar-refractivity contribution in [2.75, 3.05) is 12.5 Å². The molecule has 0 saturated heterocycles. The lowest BCUT2D eigenvalue weighted by Crippen LogP contribution is -1.92. The van der Waals surface area contributed by atoms with Crippen LogP contribution in [0.5, 0.6) is 11.5 Å². The fourth-order valence-corrected chi connectivity index (χ4v) is 2.05. The van der Waals surface area contributed by atoms with E-state index in [0.29, 0.717) is 6.79 Å². The summed E-state index contributed by atoms with van der Waals surface area (Å²) in [5, 5.41) is 0.168. The van der Waals surface area contributed by atoms with E-state index in [4.69, 9.17) is 9.47 Å². The first-order chi connectivity index (χ1) is 8.25. The van der Waals surface area contributed by atoms with Crippen molar-refractivity contribution in [2.45, 2.75) is 13.3 Å². The van der Waals surface area contributed by atoms with Crippen molar-refractivity contribution in [1.29, 1.82) is 0 Å². The molecule has 2 rings (SSSR count). The number of fused-ring (bicyclic) bond motifs is 1. The molecule has 0 atom stereocenters. The maximum Gasteiger partial charge on any atom is 0.231 e. The molecule has 17 heavy (non-hydrogen) atoms. The Morgan fingerprint density at radius 2 is 2.24 bits per heavy atom. The van der Waals surface area contributed by atoms with Gasteiger partial charge in [0.15, 0.2) is 16.6 Å². The van der Waals surface area contributed by atoms with E-state index in [1.165, 1.54) is 11.8 Å². The van der Waals surface area contributed by atoms with E-state index in [0.717, 1.165) is 29.2 Å². The minimum absolute atomic E-state index is 0.168. The predicted molar refractivity (Wildman–Crippen MR) is 69.4 cm³/mol. The first-order valence-electron chi connectivity index (χ1n) is 5.45. The fraction of sp³-hybridized carbons (Fsp3) is 0.308. The van der Waals surface area contributed by atoms with E-state index in [1.54, 1.807) is 6.92 Å². The lowest BCUT2D eigenvalue weighted by Gasteiger charge is -1.97. The molecule has 0 saturated carbocycles. The summed E-state index contributed by atoms with van der Waals surface area (Å²) in [6.45, 7) is 1.89. The molecule has 0 aromatic heterocycles. The van der Waals surface area contributed by atoms with Gasteiger partial charge in [-0.25, -0.2) is 0 Å². The van der Waals surface area contributed by atoms with Crippen LogP contribution in [0.15, 0.2) is 24.3 Å². The number of hydrogen-bond donors (Lipinski definition) is 0. The van der Waals surface area contributed by atoms with Crippen LogP contribution in [-0.4, -0.2) is 17.7 Å². The van der Waals surface area contributed by atoms with Crippen LogP contribution in [0.25, 0.3) is 6.08 Å². The van der Waals surface area contributed by atoms with E-state index in [2.05, 4.69) is 6.08 Å². The zero-order chi connectivity index (χ0) is 12.1. The van der Waals surface area contributed by atoms with Crippen LogP contribution < -0.4 is 9.47 Å². The second-order valence-corrected chi connectivity index (χ2v) is 4.92. The van der Waals surface area contributed by atoms with E-state index < -0.39 is 0 Å². The Morgan fingerprint density at radius 1 is 1.41 bits per heavy atom. The smallest absolute Gasteiger partial charge is 0.231 e. The summed E-state index contributed by atoms with van der Waals surface area (Å²) < 4.78 is 10.5. The number of ether oxygens (including phenoxy) is 2. The molecule has 0 amide bonds. The molecule has 1 aliphatic rings. The Morgan fingerprint density at radius 3 is 3.06 bits per heavy atom. The third-order valence-electron chi connectivity index (χ3n) is 2.30. The summed E-state index contributed by atoms with van der Waals surface area (Å²) in [5.41, 5.74) is 1.09. The van der Waals surface area contributed by atoms with Gasteiger partial charge in [0.05, 0.1) is 0 Å². The lowest BCUT2D eigenvalue weighted by molar-refractivity contribution is -0.109. The van der Waals surface area contributed by atoms with Crippen molar-refractivity contribution in [3.05, 3.63) is 29.8 Å². The molecule has 1 heterocycles. The molecule has 0 fully saturated rings. The maximum atomic E-state index is 10.7.